The zero-order chi connectivity index (χ0) is 14.5. The number of guanidine groups is 1. The van der Waals surface area contributed by atoms with Crippen molar-refractivity contribution in [3.05, 3.63) is 20.8 Å². The van der Waals surface area contributed by atoms with Gasteiger partial charge >= 0.3 is 6.18 Å². The summed E-state index contributed by atoms with van der Waals surface area (Å²) >= 11 is 4.95. The Morgan fingerprint density at radius 1 is 1.45 bits per heavy atom. The number of rotatable bonds is 4. The first-order chi connectivity index (χ1) is 8.81. The van der Waals surface area contributed by atoms with Crippen molar-refractivity contribution in [2.75, 3.05) is 20.6 Å². The molecule has 0 unspecified atom stereocenters. The first-order valence-electron chi connectivity index (χ1n) is 5.54. The molecule has 3 nitrogen and oxygen atoms in total. The topological polar surface area (TPSA) is 27.6 Å². The minimum atomic E-state index is -4.15. The van der Waals surface area contributed by atoms with Crippen molar-refractivity contribution in [1.29, 1.82) is 0 Å². The quantitative estimate of drug-likeness (QED) is 0.395. The van der Waals surface area contributed by atoms with Crippen LogP contribution in [-0.4, -0.2) is 37.7 Å². The predicted molar refractivity (Wildman–Crippen MR) is 90.9 cm³/mol. The molecule has 0 saturated heterocycles. The first-order valence-corrected chi connectivity index (χ1v) is 7.15. The molecule has 0 atom stereocenters. The molecule has 0 aliphatic rings. The highest BCUT2D eigenvalue weighted by molar-refractivity contribution is 14.0. The largest absolute Gasteiger partial charge is 0.390 e. The Hall–Kier alpha value is -0.0300. The van der Waals surface area contributed by atoms with E-state index in [1.54, 1.807) is 30.3 Å². The van der Waals surface area contributed by atoms with E-state index in [4.69, 9.17) is 0 Å². The summed E-state index contributed by atoms with van der Waals surface area (Å²) in [7, 11) is 3.34. The lowest BCUT2D eigenvalue weighted by molar-refractivity contribution is -0.132. The third-order valence-electron chi connectivity index (χ3n) is 2.29. The molecule has 9 heteroatoms. The second kappa shape index (κ2) is 9.08. The van der Waals surface area contributed by atoms with E-state index in [9.17, 15) is 13.2 Å². The second-order valence-corrected chi connectivity index (χ2v) is 6.45. The van der Waals surface area contributed by atoms with E-state index >= 15 is 0 Å². The van der Waals surface area contributed by atoms with E-state index in [1.807, 2.05) is 12.1 Å². The van der Waals surface area contributed by atoms with Gasteiger partial charge in [-0.3, -0.25) is 4.99 Å². The number of thiophene rings is 1. The van der Waals surface area contributed by atoms with Crippen molar-refractivity contribution < 1.29 is 13.2 Å². The molecular formula is C11H16BrF3IN3S. The lowest BCUT2D eigenvalue weighted by Gasteiger charge is -2.21. The molecule has 20 heavy (non-hydrogen) atoms. The fraction of sp³-hybridized carbons (Fsp3) is 0.545. The Labute approximate surface area is 145 Å². The molecule has 0 spiro atoms. The van der Waals surface area contributed by atoms with Crippen LogP contribution in [-0.2, 0) is 6.54 Å². The minimum absolute atomic E-state index is 0. The van der Waals surface area contributed by atoms with Gasteiger partial charge in [0, 0.05) is 25.5 Å². The number of halogens is 5. The van der Waals surface area contributed by atoms with Crippen LogP contribution >= 0.6 is 51.2 Å². The average Bonchev–Trinajstić information content (AvgIpc) is 2.68. The highest BCUT2D eigenvalue weighted by Crippen LogP contribution is 2.23. The van der Waals surface area contributed by atoms with Gasteiger partial charge in [0.15, 0.2) is 5.96 Å². The third-order valence-corrected chi connectivity index (χ3v) is 3.90. The number of alkyl halides is 3. The number of nitrogens with one attached hydrogen (secondary N) is 1. The van der Waals surface area contributed by atoms with Gasteiger partial charge in [-0.2, -0.15) is 13.2 Å². The molecule has 0 amide bonds. The summed E-state index contributed by atoms with van der Waals surface area (Å²) in [4.78, 5) is 6.86. The molecule has 0 aliphatic carbocycles. The van der Waals surface area contributed by atoms with Gasteiger partial charge in [-0.1, -0.05) is 0 Å². The van der Waals surface area contributed by atoms with E-state index < -0.39 is 12.6 Å². The lowest BCUT2D eigenvalue weighted by Crippen LogP contribution is -2.39. The predicted octanol–water partition coefficient (Wildman–Crippen LogP) is 4.09. The molecule has 1 heterocycles. The summed E-state index contributed by atoms with van der Waals surface area (Å²) in [6.07, 6.45) is -5.02. The Balaban J connectivity index is 0.00000361. The van der Waals surface area contributed by atoms with Crippen LogP contribution in [0, 0.1) is 0 Å². The number of aliphatic imine (C=N–C) groups is 1. The number of hydrogen-bond donors (Lipinski definition) is 1. The van der Waals surface area contributed by atoms with Crippen molar-refractivity contribution in [2.45, 2.75) is 19.1 Å². The summed E-state index contributed by atoms with van der Waals surface area (Å²) in [5.74, 6) is 0.453. The summed E-state index contributed by atoms with van der Waals surface area (Å²) in [5.41, 5.74) is 0. The molecular weight excluding hydrogens is 470 g/mol. The standard InChI is InChI=1S/C11H15BrF3N3S.HI/c1-16-10(17-6-5-11(13,14)15)18(2)7-8-3-4-9(12)19-8;/h3-4H,5-7H2,1-2H3,(H,16,17);1H. The van der Waals surface area contributed by atoms with E-state index in [1.165, 1.54) is 0 Å². The summed E-state index contributed by atoms with van der Waals surface area (Å²) in [6.45, 7) is 0.427. The van der Waals surface area contributed by atoms with E-state index in [-0.39, 0.29) is 30.5 Å². The molecule has 1 rings (SSSR count). The molecule has 116 valence electrons. The molecule has 1 aromatic rings. The summed E-state index contributed by atoms with van der Waals surface area (Å²) in [6, 6.07) is 3.90. The van der Waals surface area contributed by atoms with Crippen LogP contribution in [0.4, 0.5) is 13.2 Å². The van der Waals surface area contributed by atoms with E-state index in [0.29, 0.717) is 12.5 Å². The molecule has 0 saturated carbocycles. The molecule has 1 aromatic heterocycles. The molecule has 0 bridgehead atoms. The molecule has 0 radical (unpaired) electrons. The smallest absolute Gasteiger partial charge is 0.356 e. The van der Waals surface area contributed by atoms with Crippen molar-refractivity contribution in [1.82, 2.24) is 10.2 Å². The van der Waals surface area contributed by atoms with Gasteiger partial charge < -0.3 is 10.2 Å². The van der Waals surface area contributed by atoms with Crippen LogP contribution in [0.2, 0.25) is 0 Å². The molecule has 0 fully saturated rings. The maximum atomic E-state index is 12.1. The van der Waals surface area contributed by atoms with Crippen molar-refractivity contribution in [3.8, 4) is 0 Å². The van der Waals surface area contributed by atoms with Gasteiger partial charge in [-0.15, -0.1) is 35.3 Å². The van der Waals surface area contributed by atoms with Gasteiger partial charge in [-0.05, 0) is 28.1 Å². The maximum Gasteiger partial charge on any atom is 0.390 e. The number of nitrogens with zero attached hydrogens (tertiary/aromatic N) is 2. The van der Waals surface area contributed by atoms with E-state index in [0.717, 1.165) is 8.66 Å². The van der Waals surface area contributed by atoms with Gasteiger partial charge in [0.05, 0.1) is 16.8 Å². The van der Waals surface area contributed by atoms with Crippen LogP contribution in [0.5, 0.6) is 0 Å². The highest BCUT2D eigenvalue weighted by Gasteiger charge is 2.26. The second-order valence-electron chi connectivity index (χ2n) is 3.90. The zero-order valence-corrected chi connectivity index (χ0v) is 15.7. The Morgan fingerprint density at radius 2 is 2.10 bits per heavy atom. The maximum absolute atomic E-state index is 12.1. The number of hydrogen-bond acceptors (Lipinski definition) is 2. The van der Waals surface area contributed by atoms with Crippen molar-refractivity contribution >= 4 is 57.2 Å². The minimum Gasteiger partial charge on any atom is -0.356 e. The Morgan fingerprint density at radius 3 is 2.55 bits per heavy atom. The van der Waals surface area contributed by atoms with Gasteiger partial charge in [0.1, 0.15) is 0 Å². The average molecular weight is 486 g/mol. The molecule has 0 aliphatic heterocycles. The van der Waals surface area contributed by atoms with Gasteiger partial charge in [-0.25, -0.2) is 0 Å². The van der Waals surface area contributed by atoms with Crippen LogP contribution in [0.1, 0.15) is 11.3 Å². The van der Waals surface area contributed by atoms with Crippen LogP contribution in [0.3, 0.4) is 0 Å². The van der Waals surface area contributed by atoms with Crippen LogP contribution in [0.25, 0.3) is 0 Å². The van der Waals surface area contributed by atoms with Gasteiger partial charge in [0.2, 0.25) is 0 Å². The normalized spacial score (nSPS) is 12.0. The van der Waals surface area contributed by atoms with Crippen molar-refractivity contribution in [3.63, 3.8) is 0 Å². The first kappa shape index (κ1) is 20.0. The summed E-state index contributed by atoms with van der Waals surface area (Å²) < 4.78 is 37.2. The summed E-state index contributed by atoms with van der Waals surface area (Å²) in [5, 5.41) is 2.70. The lowest BCUT2D eigenvalue weighted by atomic mass is 10.4. The fourth-order valence-corrected chi connectivity index (χ4v) is 2.98. The van der Waals surface area contributed by atoms with Crippen LogP contribution in [0.15, 0.2) is 20.9 Å². The van der Waals surface area contributed by atoms with Crippen LogP contribution < -0.4 is 5.32 Å². The Bertz CT molecular complexity index is 437. The SMILES string of the molecule is CN=C(NCCC(F)(F)F)N(C)Cc1ccc(Br)s1.I. The molecule has 1 N–H and O–H groups in total. The monoisotopic (exact) mass is 485 g/mol. The van der Waals surface area contributed by atoms with Gasteiger partial charge in [0.25, 0.3) is 0 Å². The zero-order valence-electron chi connectivity index (χ0n) is 11.0. The fourth-order valence-electron chi connectivity index (χ4n) is 1.45. The Kier molecular flexibility index (Phi) is 9.07. The van der Waals surface area contributed by atoms with Crippen molar-refractivity contribution in [2.24, 2.45) is 4.99 Å². The molecule has 0 aromatic carbocycles. The van der Waals surface area contributed by atoms with E-state index in [2.05, 4.69) is 26.2 Å². The third kappa shape index (κ3) is 7.67. The highest BCUT2D eigenvalue weighted by atomic mass is 127.